The molecule has 0 aromatic carbocycles. The van der Waals surface area contributed by atoms with Crippen LogP contribution in [0.2, 0.25) is 0 Å². The topological polar surface area (TPSA) is 61.5 Å². The second-order valence-electron chi connectivity index (χ2n) is 2.18. The Bertz CT molecular complexity index is 116. The van der Waals surface area contributed by atoms with Crippen LogP contribution in [0.4, 0.5) is 0 Å². The van der Waals surface area contributed by atoms with Gasteiger partial charge in [0.15, 0.2) is 6.10 Å². The summed E-state index contributed by atoms with van der Waals surface area (Å²) in [5.41, 5.74) is 5.23. The number of carbonyl (C=O) groups is 1. The van der Waals surface area contributed by atoms with Gasteiger partial charge in [-0.2, -0.15) is 0 Å². The summed E-state index contributed by atoms with van der Waals surface area (Å²) in [5.74, 6) is -0.345. The monoisotopic (exact) mass is 161 g/mol. The van der Waals surface area contributed by atoms with Crippen molar-refractivity contribution in [2.45, 2.75) is 19.4 Å². The second kappa shape index (κ2) is 6.12. The fourth-order valence-electron chi connectivity index (χ4n) is 0.577. The lowest BCUT2D eigenvalue weighted by Gasteiger charge is -2.09. The van der Waals surface area contributed by atoms with Crippen LogP contribution in [0.1, 0.15) is 13.3 Å². The summed E-state index contributed by atoms with van der Waals surface area (Å²) in [6.07, 6.45) is 0.285. The van der Waals surface area contributed by atoms with Crippen molar-refractivity contribution in [1.82, 2.24) is 0 Å². The zero-order chi connectivity index (χ0) is 8.69. The molecule has 0 fully saturated rings. The molecule has 0 aliphatic carbocycles. The molecule has 2 N–H and O–H groups in total. The lowest BCUT2D eigenvalue weighted by atomic mass is 10.4. The molecule has 0 amide bonds. The van der Waals surface area contributed by atoms with E-state index in [2.05, 4.69) is 4.74 Å². The Kier molecular flexibility index (Phi) is 5.78. The van der Waals surface area contributed by atoms with Crippen LogP contribution in [0.3, 0.4) is 0 Å². The maximum atomic E-state index is 10.7. The number of ether oxygens (including phenoxy) is 2. The van der Waals surface area contributed by atoms with Gasteiger partial charge in [-0.25, -0.2) is 4.79 Å². The summed E-state index contributed by atoms with van der Waals surface area (Å²) in [5, 5.41) is 0. The summed E-state index contributed by atoms with van der Waals surface area (Å²) in [6.45, 7) is 2.74. The largest absolute Gasteiger partial charge is 0.467 e. The molecule has 0 aromatic rings. The second-order valence-corrected chi connectivity index (χ2v) is 2.18. The highest BCUT2D eigenvalue weighted by molar-refractivity contribution is 5.73. The van der Waals surface area contributed by atoms with E-state index in [1.54, 1.807) is 6.92 Å². The van der Waals surface area contributed by atoms with Crippen LogP contribution in [-0.2, 0) is 14.3 Å². The predicted octanol–water partition coefficient (Wildman–Crippen LogP) is -0.0867. The summed E-state index contributed by atoms with van der Waals surface area (Å²) in [4.78, 5) is 10.7. The minimum atomic E-state index is -0.480. The fourth-order valence-corrected chi connectivity index (χ4v) is 0.577. The van der Waals surface area contributed by atoms with Gasteiger partial charge in [0.05, 0.1) is 7.11 Å². The first kappa shape index (κ1) is 10.4. The van der Waals surface area contributed by atoms with E-state index in [1.807, 2.05) is 0 Å². The number of carbonyl (C=O) groups excluding carboxylic acids is 1. The first-order valence-electron chi connectivity index (χ1n) is 3.62. The maximum absolute atomic E-state index is 10.7. The van der Waals surface area contributed by atoms with Crippen LogP contribution in [0.25, 0.3) is 0 Å². The van der Waals surface area contributed by atoms with Crippen molar-refractivity contribution >= 4 is 5.97 Å². The third-order valence-corrected chi connectivity index (χ3v) is 1.25. The lowest BCUT2D eigenvalue weighted by Crippen LogP contribution is -2.23. The maximum Gasteiger partial charge on any atom is 0.334 e. The predicted molar refractivity (Wildman–Crippen MR) is 41.1 cm³/mol. The Hall–Kier alpha value is -0.610. The minimum absolute atomic E-state index is 0.345. The zero-order valence-corrected chi connectivity index (χ0v) is 7.00. The summed E-state index contributed by atoms with van der Waals surface area (Å²) >= 11 is 0. The van der Waals surface area contributed by atoms with Gasteiger partial charge in [0.2, 0.25) is 0 Å². The highest BCUT2D eigenvalue weighted by atomic mass is 16.6. The first-order chi connectivity index (χ1) is 5.22. The van der Waals surface area contributed by atoms with Crippen LogP contribution >= 0.6 is 0 Å². The molecule has 0 spiro atoms. The number of hydrogen-bond donors (Lipinski definition) is 1. The standard InChI is InChI=1S/C7H15NO3/c1-6(7(9)10-2)11-5-3-4-8/h6H,3-5,8H2,1-2H3. The van der Waals surface area contributed by atoms with Crippen molar-refractivity contribution in [3.63, 3.8) is 0 Å². The molecule has 0 radical (unpaired) electrons. The average molecular weight is 161 g/mol. The average Bonchev–Trinajstić information content (AvgIpc) is 2.03. The first-order valence-corrected chi connectivity index (χ1v) is 3.62. The molecule has 0 heterocycles. The van der Waals surface area contributed by atoms with Gasteiger partial charge in [-0.1, -0.05) is 0 Å². The normalized spacial score (nSPS) is 12.6. The zero-order valence-electron chi connectivity index (χ0n) is 7.00. The molecule has 4 heteroatoms. The van der Waals surface area contributed by atoms with Crippen molar-refractivity contribution in [3.05, 3.63) is 0 Å². The highest BCUT2D eigenvalue weighted by Gasteiger charge is 2.11. The van der Waals surface area contributed by atoms with Crippen molar-refractivity contribution in [2.24, 2.45) is 5.73 Å². The molecular formula is C7H15NO3. The fraction of sp³-hybridized carbons (Fsp3) is 0.857. The summed E-state index contributed by atoms with van der Waals surface area (Å²) in [7, 11) is 1.34. The van der Waals surface area contributed by atoms with E-state index in [4.69, 9.17) is 10.5 Å². The Labute approximate surface area is 66.7 Å². The third kappa shape index (κ3) is 4.75. The molecular weight excluding hydrogens is 146 g/mol. The van der Waals surface area contributed by atoms with Gasteiger partial charge >= 0.3 is 5.97 Å². The van der Waals surface area contributed by atoms with Crippen molar-refractivity contribution in [3.8, 4) is 0 Å². The van der Waals surface area contributed by atoms with E-state index < -0.39 is 6.10 Å². The van der Waals surface area contributed by atoms with Crippen LogP contribution in [-0.4, -0.2) is 32.3 Å². The Morgan fingerprint density at radius 1 is 1.64 bits per heavy atom. The third-order valence-electron chi connectivity index (χ3n) is 1.25. The molecule has 0 bridgehead atoms. The van der Waals surface area contributed by atoms with Crippen molar-refractivity contribution in [2.75, 3.05) is 20.3 Å². The Balaban J connectivity index is 3.36. The van der Waals surface area contributed by atoms with E-state index >= 15 is 0 Å². The van der Waals surface area contributed by atoms with Crippen LogP contribution < -0.4 is 5.73 Å². The van der Waals surface area contributed by atoms with Crippen LogP contribution in [0.15, 0.2) is 0 Å². The van der Waals surface area contributed by atoms with Crippen molar-refractivity contribution < 1.29 is 14.3 Å². The molecule has 0 aliphatic heterocycles. The molecule has 66 valence electrons. The van der Waals surface area contributed by atoms with Gasteiger partial charge < -0.3 is 15.2 Å². The molecule has 1 atom stereocenters. The molecule has 0 saturated heterocycles. The molecule has 4 nitrogen and oxygen atoms in total. The number of methoxy groups -OCH3 is 1. The smallest absolute Gasteiger partial charge is 0.334 e. The van der Waals surface area contributed by atoms with Crippen LogP contribution in [0.5, 0.6) is 0 Å². The molecule has 11 heavy (non-hydrogen) atoms. The van der Waals surface area contributed by atoms with E-state index in [-0.39, 0.29) is 5.97 Å². The molecule has 0 aliphatic rings. The number of esters is 1. The number of rotatable bonds is 5. The van der Waals surface area contributed by atoms with Gasteiger partial charge in [0.25, 0.3) is 0 Å². The lowest BCUT2D eigenvalue weighted by molar-refractivity contribution is -0.152. The molecule has 0 rings (SSSR count). The molecule has 1 unspecified atom stereocenters. The van der Waals surface area contributed by atoms with Crippen molar-refractivity contribution in [1.29, 1.82) is 0 Å². The van der Waals surface area contributed by atoms with Gasteiger partial charge in [-0.3, -0.25) is 0 Å². The Morgan fingerprint density at radius 2 is 2.27 bits per heavy atom. The SMILES string of the molecule is COC(=O)C(C)OCCCN. The molecule has 0 aromatic heterocycles. The van der Waals surface area contributed by atoms with E-state index in [1.165, 1.54) is 7.11 Å². The highest BCUT2D eigenvalue weighted by Crippen LogP contribution is 1.93. The number of nitrogens with two attached hydrogens (primary N) is 1. The quantitative estimate of drug-likeness (QED) is 0.452. The summed E-state index contributed by atoms with van der Waals surface area (Å²) < 4.78 is 9.53. The number of hydrogen-bond acceptors (Lipinski definition) is 4. The van der Waals surface area contributed by atoms with Crippen LogP contribution in [0, 0.1) is 0 Å². The van der Waals surface area contributed by atoms with E-state index in [0.29, 0.717) is 13.2 Å². The van der Waals surface area contributed by atoms with Gasteiger partial charge in [-0.15, -0.1) is 0 Å². The minimum Gasteiger partial charge on any atom is -0.467 e. The summed E-state index contributed by atoms with van der Waals surface area (Å²) in [6, 6.07) is 0. The van der Waals surface area contributed by atoms with Gasteiger partial charge in [0, 0.05) is 6.61 Å². The van der Waals surface area contributed by atoms with Gasteiger partial charge in [-0.05, 0) is 19.9 Å². The Morgan fingerprint density at radius 3 is 2.73 bits per heavy atom. The van der Waals surface area contributed by atoms with E-state index in [0.717, 1.165) is 6.42 Å². The molecule has 0 saturated carbocycles. The van der Waals surface area contributed by atoms with E-state index in [9.17, 15) is 4.79 Å². The van der Waals surface area contributed by atoms with Gasteiger partial charge in [0.1, 0.15) is 0 Å².